The Labute approximate surface area is 123 Å². The van der Waals surface area contributed by atoms with Gasteiger partial charge in [0.15, 0.2) is 5.78 Å². The molecule has 1 aliphatic heterocycles. The van der Waals surface area contributed by atoms with E-state index in [1.807, 2.05) is 12.1 Å². The first-order valence-corrected chi connectivity index (χ1v) is 7.88. The van der Waals surface area contributed by atoms with Crippen LogP contribution in [0.3, 0.4) is 0 Å². The first kappa shape index (κ1) is 15.2. The van der Waals surface area contributed by atoms with E-state index in [-0.39, 0.29) is 5.78 Å². The highest BCUT2D eigenvalue weighted by molar-refractivity contribution is 5.97. The lowest BCUT2D eigenvalue weighted by molar-refractivity contribution is 0.0734. The van der Waals surface area contributed by atoms with Crippen LogP contribution in [0.2, 0.25) is 0 Å². The van der Waals surface area contributed by atoms with Crippen molar-refractivity contribution in [2.45, 2.75) is 65.0 Å². The van der Waals surface area contributed by atoms with E-state index < -0.39 is 0 Å². The predicted octanol–water partition coefficient (Wildman–Crippen LogP) is 4.26. The molecule has 0 aromatic heterocycles. The van der Waals surface area contributed by atoms with Crippen LogP contribution in [0.5, 0.6) is 0 Å². The zero-order valence-corrected chi connectivity index (χ0v) is 13.2. The van der Waals surface area contributed by atoms with Gasteiger partial charge in [-0.15, -0.1) is 0 Å². The molecule has 0 N–H and O–H groups in total. The zero-order valence-electron chi connectivity index (χ0n) is 13.2. The molecular formula is C18H27NO. The molecule has 0 saturated carbocycles. The summed E-state index contributed by atoms with van der Waals surface area (Å²) < 4.78 is 0. The molecule has 110 valence electrons. The summed E-state index contributed by atoms with van der Waals surface area (Å²) in [6, 6.07) is 9.19. The third kappa shape index (κ3) is 3.49. The molecule has 0 bridgehead atoms. The second-order valence-electron chi connectivity index (χ2n) is 6.50. The second-order valence-corrected chi connectivity index (χ2v) is 6.50. The lowest BCUT2D eigenvalue weighted by Crippen LogP contribution is -2.46. The van der Waals surface area contributed by atoms with E-state index in [2.05, 4.69) is 44.7 Å². The summed E-state index contributed by atoms with van der Waals surface area (Å²) in [7, 11) is 0. The van der Waals surface area contributed by atoms with Crippen LogP contribution in [0.25, 0.3) is 0 Å². The van der Waals surface area contributed by atoms with E-state index in [1.165, 1.54) is 24.8 Å². The third-order valence-electron chi connectivity index (χ3n) is 4.60. The normalized spacial score (nSPS) is 24.1. The van der Waals surface area contributed by atoms with Crippen molar-refractivity contribution in [2.75, 3.05) is 6.54 Å². The maximum atomic E-state index is 12.4. The highest BCUT2D eigenvalue weighted by Gasteiger charge is 2.26. The number of Topliss-reactive ketones (excluding diaryl/α,β-unsaturated/α-hetero) is 1. The number of nitrogens with zero attached hydrogens (tertiary/aromatic N) is 1. The molecule has 1 aromatic rings. The SMILES string of the molecule is CC(C)c1ccc(C(=O)CN2[C@H](C)CCC[C@@H]2C)cc1. The van der Waals surface area contributed by atoms with Gasteiger partial charge in [0.1, 0.15) is 0 Å². The molecule has 1 heterocycles. The fourth-order valence-electron chi connectivity index (χ4n) is 3.10. The van der Waals surface area contributed by atoms with Gasteiger partial charge in [0, 0.05) is 17.6 Å². The van der Waals surface area contributed by atoms with Crippen LogP contribution in [0.15, 0.2) is 24.3 Å². The lowest BCUT2D eigenvalue weighted by Gasteiger charge is -2.38. The monoisotopic (exact) mass is 273 g/mol. The number of benzene rings is 1. The molecule has 0 spiro atoms. The number of likely N-dealkylation sites (tertiary alicyclic amines) is 1. The van der Waals surface area contributed by atoms with E-state index >= 15 is 0 Å². The van der Waals surface area contributed by atoms with Gasteiger partial charge in [-0.25, -0.2) is 0 Å². The Balaban J connectivity index is 2.03. The quantitative estimate of drug-likeness (QED) is 0.764. The highest BCUT2D eigenvalue weighted by Crippen LogP contribution is 2.23. The van der Waals surface area contributed by atoms with Crippen molar-refractivity contribution in [3.05, 3.63) is 35.4 Å². The summed E-state index contributed by atoms with van der Waals surface area (Å²) in [4.78, 5) is 14.8. The summed E-state index contributed by atoms with van der Waals surface area (Å²) in [5.41, 5.74) is 2.14. The summed E-state index contributed by atoms with van der Waals surface area (Å²) in [5, 5.41) is 0. The molecule has 0 radical (unpaired) electrons. The molecular weight excluding hydrogens is 246 g/mol. The Morgan fingerprint density at radius 2 is 1.70 bits per heavy atom. The van der Waals surface area contributed by atoms with E-state index in [1.54, 1.807) is 0 Å². The second kappa shape index (κ2) is 6.53. The number of carbonyl (C=O) groups is 1. The fourth-order valence-corrected chi connectivity index (χ4v) is 3.10. The molecule has 2 rings (SSSR count). The van der Waals surface area contributed by atoms with Crippen LogP contribution in [0.1, 0.15) is 68.8 Å². The van der Waals surface area contributed by atoms with Crippen molar-refractivity contribution in [1.29, 1.82) is 0 Å². The van der Waals surface area contributed by atoms with Crippen molar-refractivity contribution in [1.82, 2.24) is 4.90 Å². The Morgan fingerprint density at radius 1 is 1.15 bits per heavy atom. The van der Waals surface area contributed by atoms with Crippen molar-refractivity contribution < 1.29 is 4.79 Å². The van der Waals surface area contributed by atoms with Gasteiger partial charge >= 0.3 is 0 Å². The topological polar surface area (TPSA) is 20.3 Å². The Hall–Kier alpha value is -1.15. The minimum atomic E-state index is 0.251. The Morgan fingerprint density at radius 3 is 2.20 bits per heavy atom. The lowest BCUT2D eigenvalue weighted by atomic mass is 9.96. The summed E-state index contributed by atoms with van der Waals surface area (Å²) in [5.74, 6) is 0.766. The summed E-state index contributed by atoms with van der Waals surface area (Å²) in [6.07, 6.45) is 3.71. The molecule has 1 fully saturated rings. The zero-order chi connectivity index (χ0) is 14.7. The molecule has 2 atom stereocenters. The molecule has 0 amide bonds. The first-order valence-electron chi connectivity index (χ1n) is 7.88. The molecule has 0 unspecified atom stereocenters. The highest BCUT2D eigenvalue weighted by atomic mass is 16.1. The molecule has 0 aliphatic carbocycles. The molecule has 1 aliphatic rings. The van der Waals surface area contributed by atoms with Gasteiger partial charge in [-0.1, -0.05) is 44.5 Å². The van der Waals surface area contributed by atoms with Crippen LogP contribution in [-0.4, -0.2) is 29.3 Å². The van der Waals surface area contributed by atoms with Crippen LogP contribution >= 0.6 is 0 Å². The molecule has 2 nitrogen and oxygen atoms in total. The van der Waals surface area contributed by atoms with E-state index in [4.69, 9.17) is 0 Å². The molecule has 2 heteroatoms. The Kier molecular flexibility index (Phi) is 4.98. The summed E-state index contributed by atoms with van der Waals surface area (Å²) >= 11 is 0. The number of rotatable bonds is 4. The number of carbonyl (C=O) groups excluding carboxylic acids is 1. The first-order chi connectivity index (χ1) is 9.49. The fraction of sp³-hybridized carbons (Fsp3) is 0.611. The number of hydrogen-bond acceptors (Lipinski definition) is 2. The van der Waals surface area contributed by atoms with Crippen molar-refractivity contribution in [2.24, 2.45) is 0 Å². The number of ketones is 1. The molecule has 20 heavy (non-hydrogen) atoms. The predicted molar refractivity (Wildman–Crippen MR) is 84.3 cm³/mol. The number of hydrogen-bond donors (Lipinski definition) is 0. The summed E-state index contributed by atoms with van der Waals surface area (Å²) in [6.45, 7) is 9.39. The van der Waals surface area contributed by atoms with Gasteiger partial charge in [0.05, 0.1) is 6.54 Å². The Bertz CT molecular complexity index is 439. The van der Waals surface area contributed by atoms with Crippen molar-refractivity contribution in [3.8, 4) is 0 Å². The molecule has 1 saturated heterocycles. The largest absolute Gasteiger partial charge is 0.293 e. The van der Waals surface area contributed by atoms with E-state index in [9.17, 15) is 4.79 Å². The average Bonchev–Trinajstić information content (AvgIpc) is 2.43. The minimum Gasteiger partial charge on any atom is -0.293 e. The third-order valence-corrected chi connectivity index (χ3v) is 4.60. The van der Waals surface area contributed by atoms with Gasteiger partial charge in [0.2, 0.25) is 0 Å². The van der Waals surface area contributed by atoms with Crippen LogP contribution in [-0.2, 0) is 0 Å². The maximum absolute atomic E-state index is 12.4. The van der Waals surface area contributed by atoms with Gasteiger partial charge in [-0.05, 0) is 38.2 Å². The average molecular weight is 273 g/mol. The maximum Gasteiger partial charge on any atom is 0.176 e. The van der Waals surface area contributed by atoms with Gasteiger partial charge in [-0.3, -0.25) is 9.69 Å². The number of piperidine rings is 1. The van der Waals surface area contributed by atoms with Crippen LogP contribution in [0, 0.1) is 0 Å². The van der Waals surface area contributed by atoms with Crippen LogP contribution in [0.4, 0.5) is 0 Å². The van der Waals surface area contributed by atoms with Crippen molar-refractivity contribution >= 4 is 5.78 Å². The van der Waals surface area contributed by atoms with Gasteiger partial charge in [-0.2, -0.15) is 0 Å². The minimum absolute atomic E-state index is 0.251. The smallest absolute Gasteiger partial charge is 0.176 e. The van der Waals surface area contributed by atoms with Gasteiger partial charge < -0.3 is 0 Å². The van der Waals surface area contributed by atoms with Gasteiger partial charge in [0.25, 0.3) is 0 Å². The van der Waals surface area contributed by atoms with E-state index in [0.717, 1.165) is 5.56 Å². The van der Waals surface area contributed by atoms with Crippen LogP contribution < -0.4 is 0 Å². The molecule has 1 aromatic carbocycles. The van der Waals surface area contributed by atoms with E-state index in [0.29, 0.717) is 24.5 Å². The van der Waals surface area contributed by atoms with Crippen molar-refractivity contribution in [3.63, 3.8) is 0 Å². The standard InChI is InChI=1S/C18H27NO/c1-13(2)16-8-10-17(11-9-16)18(20)12-19-14(3)6-5-7-15(19)4/h8-11,13-15H,5-7,12H2,1-4H3/t14-,15+.